The number of nitrogens with one attached hydrogen (secondary N) is 1. The van der Waals surface area contributed by atoms with Crippen LogP contribution in [0.3, 0.4) is 0 Å². The number of rotatable bonds is 6. The van der Waals surface area contributed by atoms with E-state index in [0.29, 0.717) is 25.2 Å². The van der Waals surface area contributed by atoms with E-state index in [1.165, 1.54) is 5.56 Å². The van der Waals surface area contributed by atoms with Crippen LogP contribution in [0.2, 0.25) is 0 Å². The average Bonchev–Trinajstić information content (AvgIpc) is 3.41. The molecule has 0 spiro atoms. The van der Waals surface area contributed by atoms with Crippen molar-refractivity contribution in [3.63, 3.8) is 0 Å². The summed E-state index contributed by atoms with van der Waals surface area (Å²) in [5.74, 6) is -0.0578. The van der Waals surface area contributed by atoms with E-state index in [1.807, 2.05) is 60.5 Å². The van der Waals surface area contributed by atoms with Gasteiger partial charge in [0.05, 0.1) is 6.33 Å². The molecule has 7 nitrogen and oxygen atoms in total. The molecule has 0 saturated carbocycles. The first-order valence-electron chi connectivity index (χ1n) is 11.7. The van der Waals surface area contributed by atoms with Gasteiger partial charge in [-0.3, -0.25) is 14.6 Å². The summed E-state index contributed by atoms with van der Waals surface area (Å²) in [5, 5.41) is 3.00. The van der Waals surface area contributed by atoms with Gasteiger partial charge in [-0.1, -0.05) is 42.5 Å². The predicted molar refractivity (Wildman–Crippen MR) is 133 cm³/mol. The second-order valence-electron chi connectivity index (χ2n) is 8.76. The molecule has 0 radical (unpaired) electrons. The summed E-state index contributed by atoms with van der Waals surface area (Å²) < 4.78 is 1.73. The average molecular weight is 466 g/mol. The molecular weight excluding hydrogens is 438 g/mol. The zero-order valence-electron chi connectivity index (χ0n) is 19.6. The molecule has 1 aliphatic rings. The Morgan fingerprint density at radius 2 is 1.80 bits per heavy atom. The molecule has 7 heteroatoms. The Kier molecular flexibility index (Phi) is 6.39. The van der Waals surface area contributed by atoms with E-state index in [4.69, 9.17) is 0 Å². The number of fused-ring (bicyclic) bond motifs is 1. The van der Waals surface area contributed by atoms with Crippen LogP contribution in [0.15, 0.2) is 79.5 Å². The molecule has 0 atom stereocenters. The highest BCUT2D eigenvalue weighted by Gasteiger charge is 2.25. The number of pyridine rings is 1. The molecule has 176 valence electrons. The van der Waals surface area contributed by atoms with Crippen LogP contribution < -0.4 is 5.32 Å². The van der Waals surface area contributed by atoms with Gasteiger partial charge in [-0.05, 0) is 53.3 Å². The largest absolute Gasteiger partial charge is 0.350 e. The molecule has 0 fully saturated rings. The number of carbonyl (C=O) groups is 2. The highest BCUT2D eigenvalue weighted by atomic mass is 16.2. The van der Waals surface area contributed by atoms with Gasteiger partial charge in [0, 0.05) is 49.5 Å². The molecule has 35 heavy (non-hydrogen) atoms. The van der Waals surface area contributed by atoms with Crippen LogP contribution in [0, 0.1) is 6.92 Å². The number of aromatic nitrogens is 3. The van der Waals surface area contributed by atoms with Gasteiger partial charge in [0.2, 0.25) is 5.91 Å². The van der Waals surface area contributed by atoms with Gasteiger partial charge in [0.15, 0.2) is 0 Å². The molecule has 2 amide bonds. The molecule has 0 bridgehead atoms. The summed E-state index contributed by atoms with van der Waals surface area (Å²) in [4.78, 5) is 36.0. The molecule has 3 heterocycles. The van der Waals surface area contributed by atoms with Gasteiger partial charge < -0.3 is 14.8 Å². The van der Waals surface area contributed by atoms with Gasteiger partial charge in [-0.15, -0.1) is 0 Å². The maximum Gasteiger partial charge on any atom is 0.254 e. The zero-order chi connectivity index (χ0) is 24.2. The molecular formula is C28H27N5O2. The van der Waals surface area contributed by atoms with Crippen molar-refractivity contribution in [3.8, 4) is 11.1 Å². The molecule has 0 aliphatic carbocycles. The minimum absolute atomic E-state index is 0.0195. The van der Waals surface area contributed by atoms with Crippen LogP contribution in [0.25, 0.3) is 11.1 Å². The first-order chi connectivity index (χ1) is 17.1. The highest BCUT2D eigenvalue weighted by Crippen LogP contribution is 2.26. The fraction of sp³-hybridized carbons (Fsp3) is 0.214. The zero-order valence-corrected chi connectivity index (χ0v) is 19.6. The number of hydrogen-bond acceptors (Lipinski definition) is 4. The van der Waals surface area contributed by atoms with Crippen LogP contribution in [-0.2, 0) is 30.8 Å². The Morgan fingerprint density at radius 3 is 2.54 bits per heavy atom. The summed E-state index contributed by atoms with van der Waals surface area (Å²) in [6, 6.07) is 17.9. The Bertz CT molecular complexity index is 1330. The minimum Gasteiger partial charge on any atom is -0.350 e. The van der Waals surface area contributed by atoms with Crippen molar-refractivity contribution in [2.75, 3.05) is 6.54 Å². The fourth-order valence-corrected chi connectivity index (χ4v) is 4.54. The van der Waals surface area contributed by atoms with Gasteiger partial charge in [0.25, 0.3) is 5.91 Å². The van der Waals surface area contributed by atoms with Crippen molar-refractivity contribution in [2.24, 2.45) is 0 Å². The monoisotopic (exact) mass is 465 g/mol. The first kappa shape index (κ1) is 22.5. The minimum atomic E-state index is -0.0773. The number of aryl methyl sites for hydroxylation is 1. The lowest BCUT2D eigenvalue weighted by Crippen LogP contribution is -2.37. The second-order valence-corrected chi connectivity index (χ2v) is 8.76. The quantitative estimate of drug-likeness (QED) is 0.470. The lowest BCUT2D eigenvalue weighted by Gasteiger charge is -2.30. The van der Waals surface area contributed by atoms with Crippen LogP contribution in [0.4, 0.5) is 0 Å². The number of nitrogens with zero attached hydrogens (tertiary/aromatic N) is 4. The number of hydrogen-bond donors (Lipinski definition) is 1. The molecule has 0 unspecified atom stereocenters. The van der Waals surface area contributed by atoms with Crippen molar-refractivity contribution >= 4 is 11.8 Å². The SMILES string of the molecule is Cc1ncc2c(c1CNC(=O)Cn1ccnc1)CCN(C(=O)c1ccc(-c3ccccc3)cc1)C2. The topological polar surface area (TPSA) is 80.1 Å². The molecule has 1 aliphatic heterocycles. The predicted octanol–water partition coefficient (Wildman–Crippen LogP) is 3.77. The molecule has 2 aromatic heterocycles. The smallest absolute Gasteiger partial charge is 0.254 e. The third kappa shape index (κ3) is 4.99. The number of benzene rings is 2. The van der Waals surface area contributed by atoms with Crippen LogP contribution in [-0.4, -0.2) is 37.8 Å². The lowest BCUT2D eigenvalue weighted by molar-refractivity contribution is -0.121. The van der Waals surface area contributed by atoms with Crippen molar-refractivity contribution in [1.29, 1.82) is 0 Å². The Balaban J connectivity index is 1.26. The molecule has 1 N–H and O–H groups in total. The fourth-order valence-electron chi connectivity index (χ4n) is 4.54. The summed E-state index contributed by atoms with van der Waals surface area (Å²) >= 11 is 0. The summed E-state index contributed by atoms with van der Waals surface area (Å²) in [7, 11) is 0. The molecule has 4 aromatic rings. The summed E-state index contributed by atoms with van der Waals surface area (Å²) in [5.41, 5.74) is 7.07. The number of carbonyl (C=O) groups excluding carboxylic acids is 2. The van der Waals surface area contributed by atoms with E-state index in [0.717, 1.165) is 34.4 Å². The summed E-state index contributed by atoms with van der Waals surface area (Å²) in [6.45, 7) is 3.75. The molecule has 5 rings (SSSR count). The normalized spacial score (nSPS) is 12.8. The third-order valence-electron chi connectivity index (χ3n) is 6.47. The van der Waals surface area contributed by atoms with Crippen molar-refractivity contribution in [1.82, 2.24) is 24.8 Å². The Labute approximate surface area is 204 Å². The third-order valence-corrected chi connectivity index (χ3v) is 6.47. The van der Waals surface area contributed by atoms with Crippen molar-refractivity contribution in [2.45, 2.75) is 33.0 Å². The lowest BCUT2D eigenvalue weighted by atomic mass is 9.94. The van der Waals surface area contributed by atoms with E-state index in [-0.39, 0.29) is 18.4 Å². The van der Waals surface area contributed by atoms with Gasteiger partial charge >= 0.3 is 0 Å². The number of imidazole rings is 1. The van der Waals surface area contributed by atoms with Crippen molar-refractivity contribution in [3.05, 3.63) is 107 Å². The maximum absolute atomic E-state index is 13.2. The molecule has 0 saturated heterocycles. The molecule has 2 aromatic carbocycles. The Morgan fingerprint density at radius 1 is 1.03 bits per heavy atom. The van der Waals surface area contributed by atoms with Crippen LogP contribution >= 0.6 is 0 Å². The van der Waals surface area contributed by atoms with Gasteiger partial charge in [-0.25, -0.2) is 4.98 Å². The van der Waals surface area contributed by atoms with E-state index in [2.05, 4.69) is 27.4 Å². The standard InChI is InChI=1S/C28H27N5O2/c1-20-26(16-31-27(34)18-32-14-12-29-19-32)25-11-13-33(17-24(25)15-30-20)28(35)23-9-7-22(8-10-23)21-5-3-2-4-6-21/h2-10,12,14-15,19H,11,13,16-18H2,1H3,(H,31,34). The van der Waals surface area contributed by atoms with E-state index >= 15 is 0 Å². The summed E-state index contributed by atoms with van der Waals surface area (Å²) in [6.07, 6.45) is 7.63. The Hall–Kier alpha value is -4.26. The first-order valence-corrected chi connectivity index (χ1v) is 11.7. The number of amides is 2. The van der Waals surface area contributed by atoms with Gasteiger partial charge in [-0.2, -0.15) is 0 Å². The van der Waals surface area contributed by atoms with Crippen LogP contribution in [0.1, 0.15) is 32.7 Å². The van der Waals surface area contributed by atoms with E-state index in [9.17, 15) is 9.59 Å². The van der Waals surface area contributed by atoms with E-state index in [1.54, 1.807) is 23.3 Å². The van der Waals surface area contributed by atoms with Crippen LogP contribution in [0.5, 0.6) is 0 Å². The highest BCUT2D eigenvalue weighted by molar-refractivity contribution is 5.95. The van der Waals surface area contributed by atoms with Crippen molar-refractivity contribution < 1.29 is 9.59 Å². The van der Waals surface area contributed by atoms with Gasteiger partial charge in [0.1, 0.15) is 6.54 Å². The second kappa shape index (κ2) is 9.93. The van der Waals surface area contributed by atoms with E-state index < -0.39 is 0 Å². The maximum atomic E-state index is 13.2.